The van der Waals surface area contributed by atoms with Gasteiger partial charge < -0.3 is 10.2 Å². The number of hydrogen-bond donors (Lipinski definition) is 1. The fourth-order valence-corrected chi connectivity index (χ4v) is 3.53. The lowest BCUT2D eigenvalue weighted by Crippen LogP contribution is -2.82. The number of benzene rings is 3. The molecular weight excluding hydrogens is 371 g/mol. The van der Waals surface area contributed by atoms with Crippen molar-refractivity contribution in [3.63, 3.8) is 0 Å². The van der Waals surface area contributed by atoms with Gasteiger partial charge in [0.25, 0.3) is 0 Å². The topological polar surface area (TPSA) is 19.9 Å². The molecule has 0 aliphatic carbocycles. The van der Waals surface area contributed by atoms with Gasteiger partial charge in [0.15, 0.2) is 0 Å². The molecule has 3 aromatic carbocycles. The molecule has 146 valence electrons. The molecule has 0 spiro atoms. The van der Waals surface area contributed by atoms with E-state index >= 15 is 0 Å². The van der Waals surface area contributed by atoms with Gasteiger partial charge in [0, 0.05) is 42.7 Å². The zero-order chi connectivity index (χ0) is 19.9. The molecule has 3 aromatic rings. The second-order valence-electron chi connectivity index (χ2n) is 7.29. The van der Waals surface area contributed by atoms with Gasteiger partial charge in [-0.25, -0.2) is 4.39 Å². The molecule has 0 radical (unpaired) electrons. The number of halogens is 2. The first kappa shape index (κ1) is 20.4. The van der Waals surface area contributed by atoms with Crippen molar-refractivity contribution in [1.29, 1.82) is 0 Å². The lowest BCUT2D eigenvalue weighted by atomic mass is 9.88. The zero-order valence-electron chi connectivity index (χ0n) is 16.4. The van der Waals surface area contributed by atoms with Gasteiger partial charge in [0.05, 0.1) is 6.54 Å². The van der Waals surface area contributed by atoms with Crippen LogP contribution in [0, 0.1) is 5.82 Å². The third-order valence-electron chi connectivity index (χ3n) is 5.04. The summed E-state index contributed by atoms with van der Waals surface area (Å²) in [5, 5.41) is 3.06. The average Bonchev–Trinajstić information content (AvgIpc) is 2.70. The largest absolute Gasteiger partial charge is 0.378 e. The van der Waals surface area contributed by atoms with Crippen molar-refractivity contribution in [3.05, 3.63) is 100 Å². The Labute approximate surface area is 172 Å². The van der Waals surface area contributed by atoms with E-state index in [1.807, 2.05) is 38.4 Å². The lowest BCUT2D eigenvalue weighted by molar-refractivity contribution is -0.671. The number of nitrogens with zero attached hydrogens (tertiary/aromatic N) is 1. The van der Waals surface area contributed by atoms with Crippen LogP contribution >= 0.6 is 11.6 Å². The van der Waals surface area contributed by atoms with Crippen LogP contribution in [-0.4, -0.2) is 20.6 Å². The molecule has 0 amide bonds. The molecule has 2 N–H and O–H groups in total. The zero-order valence-corrected chi connectivity index (χ0v) is 17.2. The van der Waals surface area contributed by atoms with Crippen LogP contribution in [0.3, 0.4) is 0 Å². The third kappa shape index (κ3) is 5.57. The molecule has 0 bridgehead atoms. The maximum atomic E-state index is 13.4. The fraction of sp³-hybridized carbons (Fsp3) is 0.250. The van der Waals surface area contributed by atoms with E-state index in [1.54, 1.807) is 0 Å². The molecule has 0 aromatic heterocycles. The van der Waals surface area contributed by atoms with Gasteiger partial charge >= 0.3 is 0 Å². The first-order valence-corrected chi connectivity index (χ1v) is 9.99. The SMILES string of the molecule is CN(C)c1ccc(C[NH2+]CC[C@H](c2ccc(F)cc2)c2ccc(Cl)cc2)cc1. The highest BCUT2D eigenvalue weighted by atomic mass is 35.5. The number of anilines is 1. The molecule has 1 atom stereocenters. The van der Waals surface area contributed by atoms with Gasteiger partial charge in [0.1, 0.15) is 12.4 Å². The summed E-state index contributed by atoms with van der Waals surface area (Å²) in [6.45, 7) is 1.94. The standard InChI is InChI=1S/C24H26ClFN2/c1-28(2)23-13-3-18(4-14-23)17-27-16-15-24(19-5-9-21(25)10-6-19)20-7-11-22(26)12-8-20/h3-14,24,27H,15-17H2,1-2H3/p+1/t24-/m0/s1. The number of quaternary nitrogens is 1. The molecule has 4 heteroatoms. The van der Waals surface area contributed by atoms with Crippen molar-refractivity contribution in [2.45, 2.75) is 18.9 Å². The summed E-state index contributed by atoms with van der Waals surface area (Å²) in [6, 6.07) is 23.5. The molecule has 0 saturated carbocycles. The highest BCUT2D eigenvalue weighted by Gasteiger charge is 2.15. The van der Waals surface area contributed by atoms with Gasteiger partial charge in [-0.1, -0.05) is 48.0 Å². The van der Waals surface area contributed by atoms with Crippen LogP contribution in [0.25, 0.3) is 0 Å². The molecule has 0 aliphatic rings. The van der Waals surface area contributed by atoms with E-state index in [-0.39, 0.29) is 11.7 Å². The van der Waals surface area contributed by atoms with Crippen molar-refractivity contribution in [2.75, 3.05) is 25.5 Å². The summed E-state index contributed by atoms with van der Waals surface area (Å²) >= 11 is 6.05. The maximum absolute atomic E-state index is 13.4. The molecule has 28 heavy (non-hydrogen) atoms. The molecule has 0 aliphatic heterocycles. The van der Waals surface area contributed by atoms with Crippen LogP contribution in [0.2, 0.25) is 5.02 Å². The van der Waals surface area contributed by atoms with Crippen molar-refractivity contribution in [3.8, 4) is 0 Å². The van der Waals surface area contributed by atoms with Crippen molar-refractivity contribution in [1.82, 2.24) is 0 Å². The van der Waals surface area contributed by atoms with E-state index in [1.165, 1.54) is 28.9 Å². The van der Waals surface area contributed by atoms with E-state index in [0.29, 0.717) is 0 Å². The van der Waals surface area contributed by atoms with Crippen molar-refractivity contribution in [2.24, 2.45) is 0 Å². The van der Waals surface area contributed by atoms with Crippen LogP contribution in [0.5, 0.6) is 0 Å². The first-order chi connectivity index (χ1) is 13.5. The fourth-order valence-electron chi connectivity index (χ4n) is 3.40. The molecule has 2 nitrogen and oxygen atoms in total. The van der Waals surface area contributed by atoms with E-state index in [0.717, 1.165) is 30.1 Å². The van der Waals surface area contributed by atoms with Gasteiger partial charge in [-0.2, -0.15) is 0 Å². The second kappa shape index (κ2) is 9.72. The van der Waals surface area contributed by atoms with Crippen LogP contribution < -0.4 is 10.2 Å². The van der Waals surface area contributed by atoms with Gasteiger partial charge in [-0.05, 0) is 47.5 Å². The molecule has 0 saturated heterocycles. The molecule has 0 heterocycles. The average molecular weight is 398 g/mol. The van der Waals surface area contributed by atoms with Crippen LogP contribution in [-0.2, 0) is 6.54 Å². The second-order valence-corrected chi connectivity index (χ2v) is 7.72. The highest BCUT2D eigenvalue weighted by molar-refractivity contribution is 6.30. The Balaban J connectivity index is 1.63. The van der Waals surface area contributed by atoms with Gasteiger partial charge in [-0.3, -0.25) is 0 Å². The highest BCUT2D eigenvalue weighted by Crippen LogP contribution is 2.28. The van der Waals surface area contributed by atoms with Gasteiger partial charge in [-0.15, -0.1) is 0 Å². The summed E-state index contributed by atoms with van der Waals surface area (Å²) in [4.78, 5) is 2.10. The normalized spacial score (nSPS) is 12.0. The van der Waals surface area contributed by atoms with E-state index in [4.69, 9.17) is 11.6 Å². The Bertz CT molecular complexity index is 813. The van der Waals surface area contributed by atoms with Crippen LogP contribution in [0.4, 0.5) is 10.1 Å². The Morgan fingerprint density at radius 2 is 1.43 bits per heavy atom. The minimum Gasteiger partial charge on any atom is -0.378 e. The summed E-state index contributed by atoms with van der Waals surface area (Å²) in [5.41, 5.74) is 4.87. The smallest absolute Gasteiger partial charge is 0.123 e. The Morgan fingerprint density at radius 3 is 2.00 bits per heavy atom. The lowest BCUT2D eigenvalue weighted by Gasteiger charge is -2.18. The minimum absolute atomic E-state index is 0.202. The summed E-state index contributed by atoms with van der Waals surface area (Å²) in [6.07, 6.45) is 0.975. The minimum atomic E-state index is -0.202. The number of nitrogens with two attached hydrogens (primary N) is 1. The third-order valence-corrected chi connectivity index (χ3v) is 5.29. The van der Waals surface area contributed by atoms with E-state index in [2.05, 4.69) is 46.6 Å². The first-order valence-electron chi connectivity index (χ1n) is 9.62. The maximum Gasteiger partial charge on any atom is 0.123 e. The predicted octanol–water partition coefficient (Wildman–Crippen LogP) is 4.83. The van der Waals surface area contributed by atoms with E-state index < -0.39 is 0 Å². The summed E-state index contributed by atoms with van der Waals surface area (Å²) < 4.78 is 13.4. The quantitative estimate of drug-likeness (QED) is 0.539. The number of hydrogen-bond acceptors (Lipinski definition) is 1. The molecular formula is C24H27ClFN2+. The summed E-state index contributed by atoms with van der Waals surface area (Å²) in [7, 11) is 4.10. The monoisotopic (exact) mass is 397 g/mol. The Kier molecular flexibility index (Phi) is 7.07. The molecule has 0 unspecified atom stereocenters. The predicted molar refractivity (Wildman–Crippen MR) is 116 cm³/mol. The van der Waals surface area contributed by atoms with Crippen LogP contribution in [0.1, 0.15) is 29.0 Å². The van der Waals surface area contributed by atoms with Crippen molar-refractivity contribution < 1.29 is 9.71 Å². The van der Waals surface area contributed by atoms with Gasteiger partial charge in [0.2, 0.25) is 0 Å². The number of rotatable bonds is 8. The Hall–Kier alpha value is -2.36. The summed E-state index contributed by atoms with van der Waals surface area (Å²) in [5.74, 6) is 0.0246. The molecule has 3 rings (SSSR count). The van der Waals surface area contributed by atoms with E-state index in [9.17, 15) is 4.39 Å². The molecule has 0 fully saturated rings. The Morgan fingerprint density at radius 1 is 0.857 bits per heavy atom. The van der Waals surface area contributed by atoms with Crippen LogP contribution in [0.15, 0.2) is 72.8 Å². The van der Waals surface area contributed by atoms with Crippen molar-refractivity contribution >= 4 is 17.3 Å².